The Morgan fingerprint density at radius 2 is 2.26 bits per heavy atom. The Bertz CT molecular complexity index is 434. The summed E-state index contributed by atoms with van der Waals surface area (Å²) in [5, 5.41) is 13.7. The van der Waals surface area contributed by atoms with Crippen molar-refractivity contribution in [2.75, 3.05) is 20.1 Å². The summed E-state index contributed by atoms with van der Waals surface area (Å²) in [7, 11) is 1.76. The number of hydrogen-bond acceptors (Lipinski definition) is 4. The van der Waals surface area contributed by atoms with Crippen molar-refractivity contribution in [3.63, 3.8) is 0 Å². The average molecular weight is 285 g/mol. The lowest BCUT2D eigenvalue weighted by Crippen LogP contribution is -2.38. The van der Waals surface area contributed by atoms with Crippen LogP contribution in [-0.2, 0) is 6.42 Å². The van der Waals surface area contributed by atoms with Gasteiger partial charge in [-0.25, -0.2) is 14.6 Å². The minimum atomic E-state index is -1.02. The van der Waals surface area contributed by atoms with E-state index in [1.54, 1.807) is 11.9 Å². The van der Waals surface area contributed by atoms with Crippen LogP contribution in [0, 0.1) is 0 Å². The summed E-state index contributed by atoms with van der Waals surface area (Å²) < 4.78 is 0. The van der Waals surface area contributed by atoms with E-state index in [4.69, 9.17) is 5.11 Å². The fourth-order valence-electron chi connectivity index (χ4n) is 1.43. The lowest BCUT2D eigenvalue weighted by molar-refractivity contribution is 0.0691. The molecule has 0 atom stereocenters. The van der Waals surface area contributed by atoms with Crippen molar-refractivity contribution in [3.8, 4) is 0 Å². The lowest BCUT2D eigenvalue weighted by Gasteiger charge is -2.17. The first-order chi connectivity index (χ1) is 9.04. The number of thiazole rings is 1. The molecule has 1 rings (SSSR count). The number of hydrogen-bond donors (Lipinski definition) is 2. The van der Waals surface area contributed by atoms with E-state index in [2.05, 4.69) is 17.2 Å². The largest absolute Gasteiger partial charge is 0.476 e. The Balaban J connectivity index is 2.29. The van der Waals surface area contributed by atoms with Crippen LogP contribution in [0.2, 0.25) is 0 Å². The van der Waals surface area contributed by atoms with Crippen molar-refractivity contribution >= 4 is 23.3 Å². The van der Waals surface area contributed by atoms with E-state index in [9.17, 15) is 9.59 Å². The van der Waals surface area contributed by atoms with Crippen LogP contribution < -0.4 is 5.32 Å². The fourth-order valence-corrected chi connectivity index (χ4v) is 2.20. The smallest absolute Gasteiger partial charge is 0.355 e. The minimum Gasteiger partial charge on any atom is -0.476 e. The van der Waals surface area contributed by atoms with Crippen LogP contribution in [0.4, 0.5) is 4.79 Å². The molecule has 0 fully saturated rings. The van der Waals surface area contributed by atoms with Crippen LogP contribution in [-0.4, -0.2) is 47.1 Å². The highest BCUT2D eigenvalue weighted by atomic mass is 32.1. The van der Waals surface area contributed by atoms with Crippen LogP contribution in [0.3, 0.4) is 0 Å². The van der Waals surface area contributed by atoms with Gasteiger partial charge in [0.05, 0.1) is 5.01 Å². The molecule has 0 unspecified atom stereocenters. The van der Waals surface area contributed by atoms with Gasteiger partial charge < -0.3 is 15.3 Å². The standard InChI is InChI=1S/C12H19N3O3S/c1-3-4-7-15(2)12(18)13-6-5-10-14-9(8-19-10)11(16)17/h8H,3-7H2,1-2H3,(H,13,18)(H,16,17). The Kier molecular flexibility index (Phi) is 6.27. The molecule has 0 radical (unpaired) electrons. The van der Waals surface area contributed by atoms with Crippen LogP contribution in [0.25, 0.3) is 0 Å². The van der Waals surface area contributed by atoms with Crippen molar-refractivity contribution in [2.24, 2.45) is 0 Å². The second kappa shape index (κ2) is 7.73. The van der Waals surface area contributed by atoms with Gasteiger partial charge in [0.15, 0.2) is 5.69 Å². The normalized spacial score (nSPS) is 10.2. The second-order valence-corrected chi connectivity index (χ2v) is 5.13. The zero-order valence-corrected chi connectivity index (χ0v) is 12.0. The predicted octanol–water partition coefficient (Wildman–Crippen LogP) is 1.83. The third-order valence-corrected chi connectivity index (χ3v) is 3.49. The van der Waals surface area contributed by atoms with Gasteiger partial charge in [-0.15, -0.1) is 11.3 Å². The van der Waals surface area contributed by atoms with E-state index < -0.39 is 5.97 Å². The van der Waals surface area contributed by atoms with Crippen molar-refractivity contribution < 1.29 is 14.7 Å². The molecule has 6 nitrogen and oxygen atoms in total. The molecule has 0 aliphatic rings. The molecule has 2 N–H and O–H groups in total. The summed E-state index contributed by atoms with van der Waals surface area (Å²) in [5.41, 5.74) is 0.0615. The zero-order chi connectivity index (χ0) is 14.3. The van der Waals surface area contributed by atoms with Gasteiger partial charge in [-0.1, -0.05) is 13.3 Å². The van der Waals surface area contributed by atoms with E-state index in [0.29, 0.717) is 18.0 Å². The maximum Gasteiger partial charge on any atom is 0.355 e. The Hall–Kier alpha value is -1.63. The van der Waals surface area contributed by atoms with Gasteiger partial charge in [0.1, 0.15) is 0 Å². The number of carboxylic acids is 1. The van der Waals surface area contributed by atoms with Gasteiger partial charge in [-0.05, 0) is 6.42 Å². The van der Waals surface area contributed by atoms with Crippen molar-refractivity contribution in [1.82, 2.24) is 15.2 Å². The van der Waals surface area contributed by atoms with Crippen LogP contribution in [0.15, 0.2) is 5.38 Å². The van der Waals surface area contributed by atoms with Crippen molar-refractivity contribution in [2.45, 2.75) is 26.2 Å². The highest BCUT2D eigenvalue weighted by Crippen LogP contribution is 2.09. The molecule has 1 aromatic rings. The van der Waals surface area contributed by atoms with E-state index in [1.165, 1.54) is 16.7 Å². The number of carbonyl (C=O) groups excluding carboxylic acids is 1. The topological polar surface area (TPSA) is 82.5 Å². The number of nitrogens with zero attached hydrogens (tertiary/aromatic N) is 2. The maximum absolute atomic E-state index is 11.7. The van der Waals surface area contributed by atoms with Gasteiger partial charge in [-0.3, -0.25) is 0 Å². The highest BCUT2D eigenvalue weighted by Gasteiger charge is 2.10. The number of carboxylic acid groups (broad SMARTS) is 1. The molecule has 0 spiro atoms. The number of urea groups is 1. The third-order valence-electron chi connectivity index (χ3n) is 2.58. The zero-order valence-electron chi connectivity index (χ0n) is 11.2. The fraction of sp³-hybridized carbons (Fsp3) is 0.583. The van der Waals surface area contributed by atoms with Crippen LogP contribution in [0.5, 0.6) is 0 Å². The van der Waals surface area contributed by atoms with Gasteiger partial charge in [0.2, 0.25) is 0 Å². The first-order valence-corrected chi connectivity index (χ1v) is 7.09. The van der Waals surface area contributed by atoms with Crippen molar-refractivity contribution in [1.29, 1.82) is 0 Å². The number of aromatic nitrogens is 1. The van der Waals surface area contributed by atoms with E-state index in [1.807, 2.05) is 0 Å². The van der Waals surface area contributed by atoms with Gasteiger partial charge in [-0.2, -0.15) is 0 Å². The maximum atomic E-state index is 11.7. The van der Waals surface area contributed by atoms with Crippen LogP contribution in [0.1, 0.15) is 35.3 Å². The summed E-state index contributed by atoms with van der Waals surface area (Å²) in [6.07, 6.45) is 2.58. The highest BCUT2D eigenvalue weighted by molar-refractivity contribution is 7.09. The molecule has 2 amide bonds. The molecule has 0 saturated carbocycles. The predicted molar refractivity (Wildman–Crippen MR) is 73.7 cm³/mol. The lowest BCUT2D eigenvalue weighted by atomic mass is 10.3. The summed E-state index contributed by atoms with van der Waals surface area (Å²) in [5.74, 6) is -1.02. The number of aromatic carboxylic acids is 1. The molecule has 1 heterocycles. The molecule has 0 aliphatic heterocycles. The third kappa shape index (κ3) is 5.25. The molecule has 0 bridgehead atoms. The molecular weight excluding hydrogens is 266 g/mol. The van der Waals surface area contributed by atoms with Gasteiger partial charge >= 0.3 is 12.0 Å². The quantitative estimate of drug-likeness (QED) is 0.800. The van der Waals surface area contributed by atoms with Crippen LogP contribution >= 0.6 is 11.3 Å². The number of nitrogens with one attached hydrogen (secondary N) is 1. The average Bonchev–Trinajstić information content (AvgIpc) is 2.84. The molecule has 7 heteroatoms. The molecule has 106 valence electrons. The van der Waals surface area contributed by atoms with E-state index >= 15 is 0 Å². The summed E-state index contributed by atoms with van der Waals surface area (Å²) in [6, 6.07) is -0.108. The number of rotatable bonds is 7. The second-order valence-electron chi connectivity index (χ2n) is 4.19. The number of amides is 2. The molecule has 0 saturated heterocycles. The molecule has 0 aromatic carbocycles. The number of unbranched alkanes of at least 4 members (excludes halogenated alkanes) is 1. The Morgan fingerprint density at radius 3 is 2.84 bits per heavy atom. The monoisotopic (exact) mass is 285 g/mol. The summed E-state index contributed by atoms with van der Waals surface area (Å²) in [4.78, 5) is 27.9. The Labute approximate surface area is 116 Å². The SMILES string of the molecule is CCCCN(C)C(=O)NCCc1nc(C(=O)O)cs1. The van der Waals surface area contributed by atoms with Crippen molar-refractivity contribution in [3.05, 3.63) is 16.1 Å². The van der Waals surface area contributed by atoms with E-state index in [-0.39, 0.29) is 11.7 Å². The first-order valence-electron chi connectivity index (χ1n) is 6.21. The van der Waals surface area contributed by atoms with Gasteiger partial charge in [0, 0.05) is 31.9 Å². The van der Waals surface area contributed by atoms with Gasteiger partial charge in [0.25, 0.3) is 0 Å². The minimum absolute atomic E-state index is 0.0615. The summed E-state index contributed by atoms with van der Waals surface area (Å²) >= 11 is 1.29. The first kappa shape index (κ1) is 15.4. The van der Waals surface area contributed by atoms with E-state index in [0.717, 1.165) is 19.4 Å². The number of carbonyl (C=O) groups is 2. The Morgan fingerprint density at radius 1 is 1.53 bits per heavy atom. The molecule has 0 aliphatic carbocycles. The molecule has 1 aromatic heterocycles. The summed E-state index contributed by atoms with van der Waals surface area (Å²) in [6.45, 7) is 3.28. The molecular formula is C12H19N3O3S. The molecule has 19 heavy (non-hydrogen) atoms.